The van der Waals surface area contributed by atoms with E-state index in [1.54, 1.807) is 4.31 Å². The van der Waals surface area contributed by atoms with Crippen molar-refractivity contribution in [3.63, 3.8) is 0 Å². The van der Waals surface area contributed by atoms with E-state index in [1.807, 2.05) is 34.6 Å². The van der Waals surface area contributed by atoms with E-state index >= 15 is 0 Å². The van der Waals surface area contributed by atoms with Crippen molar-refractivity contribution < 1.29 is 8.42 Å². The minimum Gasteiger partial charge on any atom is -0.328 e. The number of hydrogen-bond donors (Lipinski definition) is 1. The number of nitrogens with zero attached hydrogens (tertiary/aromatic N) is 1. The topological polar surface area (TPSA) is 63.4 Å². The molecule has 0 radical (unpaired) electrons. The average molecular weight is 347 g/mol. The lowest BCUT2D eigenvalue weighted by molar-refractivity contribution is 0.428. The van der Waals surface area contributed by atoms with Crippen LogP contribution < -0.4 is 5.73 Å². The predicted molar refractivity (Wildman–Crippen MR) is 93.2 cm³/mol. The summed E-state index contributed by atoms with van der Waals surface area (Å²) >= 11 is 0. The molecule has 126 valence electrons. The number of sulfonamides is 1. The third-order valence-electron chi connectivity index (χ3n) is 4.83. The molecule has 0 bridgehead atoms. The average Bonchev–Trinajstić information content (AvgIpc) is 2.87. The zero-order chi connectivity index (χ0) is 15.9. The first kappa shape index (κ1) is 19.4. The molecule has 1 heterocycles. The first-order valence-corrected chi connectivity index (χ1v) is 8.93. The number of benzene rings is 1. The zero-order valence-corrected chi connectivity index (χ0v) is 15.6. The van der Waals surface area contributed by atoms with Gasteiger partial charge >= 0.3 is 0 Å². The van der Waals surface area contributed by atoms with Crippen molar-refractivity contribution in [3.05, 3.63) is 28.3 Å². The molecule has 1 saturated heterocycles. The van der Waals surface area contributed by atoms with Crippen LogP contribution >= 0.6 is 12.4 Å². The predicted octanol–water partition coefficient (Wildman–Crippen LogP) is 2.70. The third-order valence-corrected chi connectivity index (χ3v) is 6.97. The van der Waals surface area contributed by atoms with E-state index < -0.39 is 10.0 Å². The number of aryl methyl sites for hydroxylation is 2. The van der Waals surface area contributed by atoms with Crippen molar-refractivity contribution in [2.75, 3.05) is 13.1 Å². The van der Waals surface area contributed by atoms with Crippen molar-refractivity contribution in [1.82, 2.24) is 4.31 Å². The highest BCUT2D eigenvalue weighted by Gasteiger charge is 2.35. The smallest absolute Gasteiger partial charge is 0.243 e. The van der Waals surface area contributed by atoms with Crippen molar-refractivity contribution in [1.29, 1.82) is 0 Å². The zero-order valence-electron chi connectivity index (χ0n) is 14.0. The van der Waals surface area contributed by atoms with E-state index in [9.17, 15) is 8.42 Å². The lowest BCUT2D eigenvalue weighted by Gasteiger charge is -2.22. The molecule has 2 rings (SSSR count). The highest BCUT2D eigenvalue weighted by molar-refractivity contribution is 7.89. The van der Waals surface area contributed by atoms with Gasteiger partial charge in [-0.25, -0.2) is 8.42 Å². The molecule has 2 atom stereocenters. The molecule has 2 N–H and O–H groups in total. The highest BCUT2D eigenvalue weighted by Crippen LogP contribution is 2.32. The summed E-state index contributed by atoms with van der Waals surface area (Å²) in [6.45, 7) is 10.8. The summed E-state index contributed by atoms with van der Waals surface area (Å²) in [5.74, 6) is 0.256. The summed E-state index contributed by atoms with van der Waals surface area (Å²) in [6.07, 6.45) is 0.847. The Morgan fingerprint density at radius 2 is 1.68 bits per heavy atom. The maximum Gasteiger partial charge on any atom is 0.243 e. The van der Waals surface area contributed by atoms with Crippen molar-refractivity contribution in [2.24, 2.45) is 11.7 Å². The molecule has 0 amide bonds. The van der Waals surface area contributed by atoms with Crippen LogP contribution in [0.15, 0.2) is 11.0 Å². The maximum atomic E-state index is 13.0. The van der Waals surface area contributed by atoms with Crippen LogP contribution in [0, 0.1) is 33.6 Å². The number of halogens is 1. The van der Waals surface area contributed by atoms with E-state index in [1.165, 1.54) is 0 Å². The van der Waals surface area contributed by atoms with E-state index in [2.05, 4.69) is 6.07 Å². The Bertz CT molecular complexity index is 630. The third kappa shape index (κ3) is 3.32. The maximum absolute atomic E-state index is 13.0. The SMILES string of the molecule is Cc1cc(C)c(C)c(S(=O)(=O)N2CCC(C(C)N)C2)c1C.Cl. The van der Waals surface area contributed by atoms with Gasteiger partial charge in [0.25, 0.3) is 0 Å². The second kappa shape index (κ2) is 6.87. The van der Waals surface area contributed by atoms with Crippen LogP contribution in [0.1, 0.15) is 35.6 Å². The van der Waals surface area contributed by atoms with Crippen LogP contribution in [0.25, 0.3) is 0 Å². The highest BCUT2D eigenvalue weighted by atomic mass is 35.5. The fourth-order valence-electron chi connectivity index (χ4n) is 3.10. The van der Waals surface area contributed by atoms with E-state index in [4.69, 9.17) is 5.73 Å². The Morgan fingerprint density at radius 1 is 1.18 bits per heavy atom. The van der Waals surface area contributed by atoms with Gasteiger partial charge in [-0.3, -0.25) is 0 Å². The van der Waals surface area contributed by atoms with Crippen LogP contribution in [0.2, 0.25) is 0 Å². The van der Waals surface area contributed by atoms with Gasteiger partial charge in [0.1, 0.15) is 0 Å². The molecule has 0 aliphatic carbocycles. The molecule has 6 heteroatoms. The van der Waals surface area contributed by atoms with E-state index in [0.717, 1.165) is 28.7 Å². The Hall–Kier alpha value is -0.620. The molecular weight excluding hydrogens is 320 g/mol. The lowest BCUT2D eigenvalue weighted by atomic mass is 10.0. The quantitative estimate of drug-likeness (QED) is 0.915. The van der Waals surface area contributed by atoms with Crippen molar-refractivity contribution in [2.45, 2.75) is 52.0 Å². The van der Waals surface area contributed by atoms with Crippen molar-refractivity contribution in [3.8, 4) is 0 Å². The molecule has 2 unspecified atom stereocenters. The molecule has 1 aromatic carbocycles. The molecule has 22 heavy (non-hydrogen) atoms. The molecule has 0 spiro atoms. The summed E-state index contributed by atoms with van der Waals surface area (Å²) in [5.41, 5.74) is 9.71. The fraction of sp³-hybridized carbons (Fsp3) is 0.625. The molecule has 1 aromatic rings. The Kier molecular flexibility index (Phi) is 6.07. The van der Waals surface area contributed by atoms with Crippen LogP contribution in [-0.2, 0) is 10.0 Å². The van der Waals surface area contributed by atoms with Gasteiger partial charge < -0.3 is 5.73 Å². The molecule has 0 aromatic heterocycles. The van der Waals surface area contributed by atoms with Gasteiger partial charge in [0.05, 0.1) is 4.90 Å². The lowest BCUT2D eigenvalue weighted by Crippen LogP contribution is -2.33. The van der Waals surface area contributed by atoms with Gasteiger partial charge in [-0.15, -0.1) is 12.4 Å². The number of hydrogen-bond acceptors (Lipinski definition) is 3. The molecule has 1 aliphatic heterocycles. The summed E-state index contributed by atoms with van der Waals surface area (Å²) in [5, 5.41) is 0. The van der Waals surface area contributed by atoms with Gasteiger partial charge in [-0.05, 0) is 69.2 Å². The van der Waals surface area contributed by atoms with Gasteiger partial charge in [0, 0.05) is 19.1 Å². The Labute approximate surface area is 140 Å². The van der Waals surface area contributed by atoms with Gasteiger partial charge in [-0.2, -0.15) is 4.31 Å². The standard InChI is InChI=1S/C16H26N2O2S.ClH/c1-10-8-11(2)13(4)16(12(10)3)21(19,20)18-7-6-15(9-18)14(5)17;/h8,14-15H,6-7,9,17H2,1-5H3;1H. The largest absolute Gasteiger partial charge is 0.328 e. The Balaban J connectivity index is 0.00000242. The van der Waals surface area contributed by atoms with Crippen LogP contribution in [-0.4, -0.2) is 31.9 Å². The first-order chi connectivity index (χ1) is 9.66. The summed E-state index contributed by atoms with van der Waals surface area (Å²) in [6, 6.07) is 2.09. The molecule has 0 saturated carbocycles. The van der Waals surface area contributed by atoms with Crippen molar-refractivity contribution >= 4 is 22.4 Å². The summed E-state index contributed by atoms with van der Waals surface area (Å²) in [7, 11) is -3.43. The molecular formula is C16H27ClN2O2S. The monoisotopic (exact) mass is 346 g/mol. The van der Waals surface area contributed by atoms with Crippen LogP contribution in [0.5, 0.6) is 0 Å². The van der Waals surface area contributed by atoms with Gasteiger partial charge in [-0.1, -0.05) is 6.07 Å². The van der Waals surface area contributed by atoms with Crippen LogP contribution in [0.4, 0.5) is 0 Å². The second-order valence-electron chi connectivity index (χ2n) is 6.36. The van der Waals surface area contributed by atoms with Gasteiger partial charge in [0.2, 0.25) is 10.0 Å². The van der Waals surface area contributed by atoms with E-state index in [-0.39, 0.29) is 24.4 Å². The van der Waals surface area contributed by atoms with Gasteiger partial charge in [0.15, 0.2) is 0 Å². The summed E-state index contributed by atoms with van der Waals surface area (Å²) in [4.78, 5) is 0.491. The molecule has 4 nitrogen and oxygen atoms in total. The minimum atomic E-state index is -3.43. The summed E-state index contributed by atoms with van der Waals surface area (Å²) < 4.78 is 27.7. The number of rotatable bonds is 3. The second-order valence-corrected chi connectivity index (χ2v) is 8.24. The first-order valence-electron chi connectivity index (χ1n) is 7.49. The molecule has 1 aliphatic rings. The van der Waals surface area contributed by atoms with E-state index in [0.29, 0.717) is 18.0 Å². The fourth-order valence-corrected chi connectivity index (χ4v) is 5.19. The van der Waals surface area contributed by atoms with Crippen LogP contribution in [0.3, 0.4) is 0 Å². The Morgan fingerprint density at radius 3 is 2.09 bits per heavy atom. The number of nitrogens with two attached hydrogens (primary N) is 1. The minimum absolute atomic E-state index is 0. The molecule has 1 fully saturated rings. The normalized spacial score (nSPS) is 20.7.